The first kappa shape index (κ1) is 41.2. The Balaban J connectivity index is 1.19. The average molecular weight is 878 g/mol. The molecule has 7 aromatic rings. The lowest BCUT2D eigenvalue weighted by Gasteiger charge is -2.34. The van der Waals surface area contributed by atoms with Crippen LogP contribution in [-0.4, -0.2) is 77.5 Å². The van der Waals surface area contributed by atoms with Crippen LogP contribution in [0.25, 0.3) is 33.8 Å². The Labute approximate surface area is 357 Å². The van der Waals surface area contributed by atoms with E-state index in [-0.39, 0.29) is 34.8 Å². The number of carbonyl (C=O) groups is 1. The van der Waals surface area contributed by atoms with Crippen LogP contribution in [0.15, 0.2) is 112 Å². The third kappa shape index (κ3) is 7.17. The van der Waals surface area contributed by atoms with Crippen molar-refractivity contribution in [1.29, 1.82) is 4.78 Å². The summed E-state index contributed by atoms with van der Waals surface area (Å²) < 4.78 is 81.8. The first-order chi connectivity index (χ1) is 29.5. The Bertz CT molecular complexity index is 3210. The van der Waals surface area contributed by atoms with Crippen LogP contribution in [0.3, 0.4) is 0 Å². The lowest BCUT2D eigenvalue weighted by molar-refractivity contribution is 0.0669. The van der Waals surface area contributed by atoms with Crippen LogP contribution in [0.2, 0.25) is 0 Å². The maximum Gasteiger partial charge on any atom is 0.338 e. The number of ether oxygens (including phenoxy) is 1. The summed E-state index contributed by atoms with van der Waals surface area (Å²) in [5, 5.41) is 5.79. The van der Waals surface area contributed by atoms with E-state index in [9.17, 15) is 22.0 Å². The number of rotatable bonds is 8. The molecule has 2 aliphatic heterocycles. The lowest BCUT2D eigenvalue weighted by atomic mass is 9.91. The molecule has 2 atom stereocenters. The molecule has 4 aromatic carbocycles. The first-order valence-corrected chi connectivity index (χ1v) is 23.6. The fourth-order valence-corrected chi connectivity index (χ4v) is 10.0. The number of aryl methyl sites for hydroxylation is 2. The van der Waals surface area contributed by atoms with Gasteiger partial charge in [0, 0.05) is 66.4 Å². The molecule has 1 unspecified atom stereocenters. The Hall–Kier alpha value is -6.14. The fourth-order valence-electron chi connectivity index (χ4n) is 8.87. The minimum atomic E-state index is -4.57. The van der Waals surface area contributed by atoms with E-state index in [4.69, 9.17) is 14.6 Å². The summed E-state index contributed by atoms with van der Waals surface area (Å²) in [6, 6.07) is 22.7. The maximum absolute atomic E-state index is 15.2. The molecule has 1 saturated heterocycles. The molecule has 2 aliphatic rings. The van der Waals surface area contributed by atoms with Gasteiger partial charge in [-0.1, -0.05) is 12.1 Å². The molecule has 0 bridgehead atoms. The highest BCUT2D eigenvalue weighted by atomic mass is 32.2. The molecule has 1 fully saturated rings. The molecular weight excluding hydrogens is 834 g/mol. The van der Waals surface area contributed by atoms with Crippen LogP contribution in [0.4, 0.5) is 4.39 Å². The molecule has 0 radical (unpaired) electrons. The summed E-state index contributed by atoms with van der Waals surface area (Å²) in [6.45, 7) is 6.75. The zero-order chi connectivity index (χ0) is 43.8. The monoisotopic (exact) mass is 877 g/mol. The fraction of sp³-hybridized carbons (Fsp3) is 0.267. The second-order valence-corrected chi connectivity index (χ2v) is 19.7. The number of carbonyl (C=O) groups excluding carboxylic acids is 1. The van der Waals surface area contributed by atoms with Crippen molar-refractivity contribution in [1.82, 2.24) is 28.4 Å². The molecule has 62 heavy (non-hydrogen) atoms. The molecule has 9 rings (SSSR count). The SMILES string of the molecule is Cc1cc(-n2nc3c(c2-n2ccn(-c4ccc(S(C)(=N)=O)cc4)c2=O)[C@H](C)N(C(=O)c2cc4cc(C5CCOCC5)ccc4n2-c2cccc(S(=O)(=O)O)c2)CC3)cc(C)c1F. The van der Waals surface area contributed by atoms with Crippen molar-refractivity contribution in [2.75, 3.05) is 26.0 Å². The second-order valence-electron chi connectivity index (χ2n) is 16.1. The van der Waals surface area contributed by atoms with Gasteiger partial charge in [0.1, 0.15) is 17.3 Å². The van der Waals surface area contributed by atoms with E-state index < -0.39 is 31.6 Å². The van der Waals surface area contributed by atoms with E-state index >= 15 is 9.18 Å². The number of fused-ring (bicyclic) bond motifs is 2. The summed E-state index contributed by atoms with van der Waals surface area (Å²) in [5.41, 5.74) is 4.98. The summed E-state index contributed by atoms with van der Waals surface area (Å²) in [5.74, 6) is -0.0762. The predicted molar refractivity (Wildman–Crippen MR) is 232 cm³/mol. The zero-order valence-electron chi connectivity index (χ0n) is 34.4. The van der Waals surface area contributed by atoms with Gasteiger partial charge in [-0.15, -0.1) is 0 Å². The van der Waals surface area contributed by atoms with Gasteiger partial charge in [0.05, 0.1) is 43.3 Å². The van der Waals surface area contributed by atoms with E-state index in [2.05, 4.69) is 6.07 Å². The number of benzene rings is 4. The molecule has 3 aromatic heterocycles. The van der Waals surface area contributed by atoms with Gasteiger partial charge in [0.15, 0.2) is 0 Å². The van der Waals surface area contributed by atoms with Crippen LogP contribution < -0.4 is 5.69 Å². The van der Waals surface area contributed by atoms with Gasteiger partial charge in [0.25, 0.3) is 16.0 Å². The van der Waals surface area contributed by atoms with Crippen LogP contribution in [-0.2, 0) is 31.0 Å². The lowest BCUT2D eigenvalue weighted by Crippen LogP contribution is -2.40. The van der Waals surface area contributed by atoms with Gasteiger partial charge in [-0.25, -0.2) is 22.9 Å². The van der Waals surface area contributed by atoms with Crippen LogP contribution in [0.5, 0.6) is 0 Å². The quantitative estimate of drug-likeness (QED) is 0.148. The van der Waals surface area contributed by atoms with Crippen LogP contribution >= 0.6 is 0 Å². The largest absolute Gasteiger partial charge is 0.381 e. The van der Waals surface area contributed by atoms with Crippen molar-refractivity contribution in [3.05, 3.63) is 147 Å². The number of hydrogen-bond acceptors (Lipinski definition) is 8. The van der Waals surface area contributed by atoms with Gasteiger partial charge in [-0.2, -0.15) is 13.5 Å². The number of hydrogen-bond donors (Lipinski definition) is 2. The molecular formula is C45H44FN7O7S2. The summed E-state index contributed by atoms with van der Waals surface area (Å²) in [6.07, 6.45) is 6.56. The number of nitrogens with one attached hydrogen (secondary N) is 1. The Morgan fingerprint density at radius 2 is 1.56 bits per heavy atom. The smallest absolute Gasteiger partial charge is 0.338 e. The molecule has 320 valence electrons. The summed E-state index contributed by atoms with van der Waals surface area (Å²) in [4.78, 5) is 31.4. The van der Waals surface area contributed by atoms with E-state index in [1.54, 1.807) is 82.9 Å². The third-order valence-electron chi connectivity index (χ3n) is 12.1. The van der Waals surface area contributed by atoms with Gasteiger partial charge in [-0.05, 0) is 129 Å². The number of imidazole rings is 1. The number of aromatic nitrogens is 5. The van der Waals surface area contributed by atoms with Crippen molar-refractivity contribution in [2.45, 2.75) is 61.8 Å². The number of amides is 1. The van der Waals surface area contributed by atoms with Gasteiger partial charge in [0.2, 0.25) is 0 Å². The second kappa shape index (κ2) is 15.3. The van der Waals surface area contributed by atoms with E-state index in [0.717, 1.165) is 23.8 Å². The van der Waals surface area contributed by atoms with Crippen molar-refractivity contribution in [3.63, 3.8) is 0 Å². The van der Waals surface area contributed by atoms with Crippen LogP contribution in [0, 0.1) is 24.4 Å². The molecule has 0 spiro atoms. The first-order valence-electron chi connectivity index (χ1n) is 20.1. The van der Waals surface area contributed by atoms with E-state index in [1.165, 1.54) is 33.6 Å². The van der Waals surface area contributed by atoms with E-state index in [1.807, 2.05) is 25.1 Å². The molecule has 0 aliphatic carbocycles. The molecule has 0 saturated carbocycles. The standard InChI is InChI=1S/C45H44FN7O7S2/c1-27-22-35(23-28(2)42(27)46)53-43(51-19-18-50(45(51)55)33-9-11-36(12-10-33)61(4,47)56)41-29(3)49(17-14-38(41)48-53)44(54)40-25-32-24-31(30-15-20-60-21-16-30)8-13-39(32)52(40)34-6-5-7-37(26-34)62(57,58)59/h5-13,18-19,22-26,29-30,47H,14-17,20-21H2,1-4H3,(H,57,58,59)/t29-,61?/m0/s1. The predicted octanol–water partition coefficient (Wildman–Crippen LogP) is 7.45. The van der Waals surface area contributed by atoms with Crippen molar-refractivity contribution in [2.24, 2.45) is 0 Å². The Kier molecular flexibility index (Phi) is 10.2. The van der Waals surface area contributed by atoms with Gasteiger partial charge >= 0.3 is 5.69 Å². The molecule has 14 nitrogen and oxygen atoms in total. The highest BCUT2D eigenvalue weighted by Crippen LogP contribution is 2.38. The minimum absolute atomic E-state index is 0.254. The molecule has 2 N–H and O–H groups in total. The third-order valence-corrected chi connectivity index (χ3v) is 14.1. The van der Waals surface area contributed by atoms with Crippen molar-refractivity contribution in [3.8, 4) is 22.9 Å². The van der Waals surface area contributed by atoms with Gasteiger partial charge in [-0.3, -0.25) is 18.5 Å². The molecule has 5 heterocycles. The highest BCUT2D eigenvalue weighted by Gasteiger charge is 2.37. The Morgan fingerprint density at radius 1 is 0.871 bits per heavy atom. The Morgan fingerprint density at radius 3 is 2.24 bits per heavy atom. The zero-order valence-corrected chi connectivity index (χ0v) is 36.0. The average Bonchev–Trinajstić information content (AvgIpc) is 3.95. The van der Waals surface area contributed by atoms with Gasteiger partial charge < -0.3 is 14.2 Å². The molecule has 1 amide bonds. The minimum Gasteiger partial charge on any atom is -0.381 e. The van der Waals surface area contributed by atoms with E-state index in [0.29, 0.717) is 75.3 Å². The number of halogens is 1. The topological polar surface area (TPSA) is 175 Å². The molecule has 17 heteroatoms. The summed E-state index contributed by atoms with van der Waals surface area (Å²) >= 11 is 0. The summed E-state index contributed by atoms with van der Waals surface area (Å²) in [7, 11) is -7.55. The van der Waals surface area contributed by atoms with Crippen molar-refractivity contribution < 1.29 is 31.1 Å². The number of nitrogens with zero attached hydrogens (tertiary/aromatic N) is 6. The normalized spacial score (nSPS) is 17.0. The maximum atomic E-state index is 15.2. The van der Waals surface area contributed by atoms with Crippen molar-refractivity contribution >= 4 is 36.7 Å². The van der Waals surface area contributed by atoms with Crippen LogP contribution in [0.1, 0.15) is 70.2 Å². The highest BCUT2D eigenvalue weighted by molar-refractivity contribution is 7.91.